The molecule has 0 amide bonds. The maximum atomic E-state index is 4.68. The summed E-state index contributed by atoms with van der Waals surface area (Å²) in [4.78, 5) is 8.00. The van der Waals surface area contributed by atoms with Crippen molar-refractivity contribution in [2.45, 2.75) is 6.42 Å². The second kappa shape index (κ2) is 7.70. The summed E-state index contributed by atoms with van der Waals surface area (Å²) < 4.78 is 1.10. The van der Waals surface area contributed by atoms with E-state index in [-0.39, 0.29) is 0 Å². The van der Waals surface area contributed by atoms with E-state index >= 15 is 0 Å². The Morgan fingerprint density at radius 1 is 1.22 bits per heavy atom. The highest BCUT2D eigenvalue weighted by Gasteiger charge is 2.04. The number of nitrogens with one attached hydrogen (secondary N) is 2. The van der Waals surface area contributed by atoms with Crippen molar-refractivity contribution < 1.29 is 0 Å². The van der Waals surface area contributed by atoms with Crippen LogP contribution in [0.2, 0.25) is 0 Å². The van der Waals surface area contributed by atoms with Crippen LogP contribution in [-0.2, 0) is 6.42 Å². The summed E-state index contributed by atoms with van der Waals surface area (Å²) >= 11 is 5.17. The fourth-order valence-electron chi connectivity index (χ4n) is 2.44. The zero-order valence-electron chi connectivity index (χ0n) is 12.8. The third-order valence-electron chi connectivity index (χ3n) is 3.58. The van der Waals surface area contributed by atoms with Crippen molar-refractivity contribution in [3.63, 3.8) is 0 Å². The molecule has 23 heavy (non-hydrogen) atoms. The smallest absolute Gasteiger partial charge is 0.160 e. The lowest BCUT2D eigenvalue weighted by Gasteiger charge is -2.07. The predicted molar refractivity (Wildman–Crippen MR) is 106 cm³/mol. The normalized spacial score (nSPS) is 11.8. The molecular formula is C18H18BrN3S. The molecule has 0 unspecified atom stereocenters. The van der Waals surface area contributed by atoms with E-state index in [1.165, 1.54) is 16.5 Å². The van der Waals surface area contributed by atoms with Crippen LogP contribution >= 0.6 is 27.7 Å². The molecule has 3 aromatic rings. The highest BCUT2D eigenvalue weighted by Crippen LogP contribution is 2.23. The molecule has 0 saturated carbocycles. The third kappa shape index (κ3) is 4.18. The Labute approximate surface area is 148 Å². The molecule has 118 valence electrons. The number of benzene rings is 2. The molecule has 0 radical (unpaired) electrons. The largest absolute Gasteiger partial charge is 0.361 e. The van der Waals surface area contributed by atoms with Crippen LogP contribution in [0.25, 0.3) is 10.9 Å². The Morgan fingerprint density at radius 3 is 2.83 bits per heavy atom. The molecule has 0 aliphatic rings. The van der Waals surface area contributed by atoms with Gasteiger partial charge in [0.15, 0.2) is 5.17 Å². The number of halogens is 1. The maximum Gasteiger partial charge on any atom is 0.160 e. The van der Waals surface area contributed by atoms with E-state index in [9.17, 15) is 0 Å². The van der Waals surface area contributed by atoms with Crippen molar-refractivity contribution in [2.24, 2.45) is 4.99 Å². The lowest BCUT2D eigenvalue weighted by atomic mass is 10.1. The van der Waals surface area contributed by atoms with Gasteiger partial charge in [-0.1, -0.05) is 45.9 Å². The number of anilines is 1. The number of thioether (sulfide) groups is 1. The number of para-hydroxylation sites is 1. The third-order valence-corrected chi connectivity index (χ3v) is 4.70. The van der Waals surface area contributed by atoms with Gasteiger partial charge in [0, 0.05) is 33.8 Å². The van der Waals surface area contributed by atoms with Crippen LogP contribution in [0.3, 0.4) is 0 Å². The minimum absolute atomic E-state index is 0.759. The SMILES string of the molecule is CSC(=NCCc1c[nH]c2ccc(Br)cc12)Nc1ccccc1. The molecule has 0 saturated heterocycles. The zero-order valence-corrected chi connectivity index (χ0v) is 15.2. The van der Waals surface area contributed by atoms with Crippen LogP contribution in [-0.4, -0.2) is 23.0 Å². The first-order chi connectivity index (χ1) is 11.3. The second-order valence-corrected chi connectivity index (χ2v) is 6.85. The topological polar surface area (TPSA) is 40.2 Å². The monoisotopic (exact) mass is 387 g/mol. The number of hydrogen-bond donors (Lipinski definition) is 2. The molecule has 1 heterocycles. The molecule has 5 heteroatoms. The molecule has 2 N–H and O–H groups in total. The molecule has 0 fully saturated rings. The maximum absolute atomic E-state index is 4.68. The van der Waals surface area contributed by atoms with Crippen LogP contribution in [0.15, 0.2) is 64.2 Å². The molecular weight excluding hydrogens is 370 g/mol. The van der Waals surface area contributed by atoms with Crippen molar-refractivity contribution in [1.29, 1.82) is 0 Å². The summed E-state index contributed by atoms with van der Waals surface area (Å²) in [5, 5.41) is 5.56. The molecule has 0 aliphatic carbocycles. The minimum Gasteiger partial charge on any atom is -0.361 e. The van der Waals surface area contributed by atoms with E-state index in [2.05, 4.69) is 55.6 Å². The van der Waals surface area contributed by atoms with Gasteiger partial charge in [0.2, 0.25) is 0 Å². The molecule has 0 atom stereocenters. The first-order valence-electron chi connectivity index (χ1n) is 7.42. The van der Waals surface area contributed by atoms with Crippen molar-refractivity contribution in [1.82, 2.24) is 4.98 Å². The van der Waals surface area contributed by atoms with Crippen molar-refractivity contribution >= 4 is 49.4 Å². The number of aliphatic imine (C=N–C) groups is 1. The molecule has 2 aromatic carbocycles. The van der Waals surface area contributed by atoms with E-state index in [4.69, 9.17) is 0 Å². The molecule has 3 nitrogen and oxygen atoms in total. The van der Waals surface area contributed by atoms with Gasteiger partial charge >= 0.3 is 0 Å². The number of amidine groups is 1. The Balaban J connectivity index is 1.67. The van der Waals surface area contributed by atoms with Gasteiger partial charge in [-0.25, -0.2) is 0 Å². The van der Waals surface area contributed by atoms with Crippen molar-refractivity contribution in [3.05, 3.63) is 64.8 Å². The Kier molecular flexibility index (Phi) is 5.41. The van der Waals surface area contributed by atoms with E-state index in [1.54, 1.807) is 11.8 Å². The molecule has 3 rings (SSSR count). The van der Waals surface area contributed by atoms with E-state index in [0.717, 1.165) is 28.3 Å². The summed E-state index contributed by atoms with van der Waals surface area (Å²) in [6, 6.07) is 16.4. The highest BCUT2D eigenvalue weighted by molar-refractivity contribution is 9.10. The zero-order chi connectivity index (χ0) is 16.1. The average Bonchev–Trinajstić information content (AvgIpc) is 2.97. The molecule has 0 spiro atoms. The summed E-state index contributed by atoms with van der Waals surface area (Å²) in [6.45, 7) is 0.759. The first-order valence-corrected chi connectivity index (χ1v) is 9.44. The molecule has 0 aliphatic heterocycles. The number of aromatic amines is 1. The summed E-state index contributed by atoms with van der Waals surface area (Å²) in [5.41, 5.74) is 3.53. The van der Waals surface area contributed by atoms with Crippen LogP contribution in [0.4, 0.5) is 5.69 Å². The van der Waals surface area contributed by atoms with Crippen molar-refractivity contribution in [3.8, 4) is 0 Å². The van der Waals surface area contributed by atoms with Crippen LogP contribution in [0.5, 0.6) is 0 Å². The fourth-order valence-corrected chi connectivity index (χ4v) is 3.24. The quantitative estimate of drug-likeness (QED) is 0.470. The number of fused-ring (bicyclic) bond motifs is 1. The summed E-state index contributed by atoms with van der Waals surface area (Å²) in [5.74, 6) is 0. The number of H-pyrrole nitrogens is 1. The van der Waals surface area contributed by atoms with Gasteiger partial charge in [-0.3, -0.25) is 4.99 Å². The van der Waals surface area contributed by atoms with Crippen LogP contribution in [0.1, 0.15) is 5.56 Å². The Hall–Kier alpha value is -1.72. The fraction of sp³-hybridized carbons (Fsp3) is 0.167. The van der Waals surface area contributed by atoms with Crippen LogP contribution < -0.4 is 5.32 Å². The first kappa shape index (κ1) is 16.1. The lowest BCUT2D eigenvalue weighted by molar-refractivity contribution is 0.979. The summed E-state index contributed by atoms with van der Waals surface area (Å²) in [7, 11) is 0. The predicted octanol–water partition coefficient (Wildman–Crippen LogP) is 5.30. The van der Waals surface area contributed by atoms with Gasteiger partial charge < -0.3 is 10.3 Å². The standard InChI is InChI=1S/C18H18BrN3S/c1-23-18(22-15-5-3-2-4-6-15)20-10-9-13-12-21-17-8-7-14(19)11-16(13)17/h2-8,11-12,21H,9-10H2,1H3,(H,20,22). The van der Waals surface area contributed by atoms with Gasteiger partial charge in [-0.2, -0.15) is 0 Å². The minimum atomic E-state index is 0.759. The van der Waals surface area contributed by atoms with Gasteiger partial charge in [-0.15, -0.1) is 0 Å². The van der Waals surface area contributed by atoms with E-state index < -0.39 is 0 Å². The van der Waals surface area contributed by atoms with E-state index in [0.29, 0.717) is 0 Å². The van der Waals surface area contributed by atoms with Crippen molar-refractivity contribution in [2.75, 3.05) is 18.1 Å². The number of nitrogens with zero attached hydrogens (tertiary/aromatic N) is 1. The Morgan fingerprint density at radius 2 is 2.04 bits per heavy atom. The van der Waals surface area contributed by atoms with Crippen LogP contribution in [0, 0.1) is 0 Å². The number of rotatable bonds is 4. The molecule has 1 aromatic heterocycles. The summed E-state index contributed by atoms with van der Waals surface area (Å²) in [6.07, 6.45) is 5.03. The van der Waals surface area contributed by atoms with Gasteiger partial charge in [-0.05, 0) is 48.6 Å². The average molecular weight is 388 g/mol. The number of hydrogen-bond acceptors (Lipinski definition) is 2. The highest BCUT2D eigenvalue weighted by atomic mass is 79.9. The van der Waals surface area contributed by atoms with Gasteiger partial charge in [0.25, 0.3) is 0 Å². The van der Waals surface area contributed by atoms with Gasteiger partial charge in [0.05, 0.1) is 0 Å². The second-order valence-electron chi connectivity index (χ2n) is 5.14. The van der Waals surface area contributed by atoms with E-state index in [1.807, 2.05) is 36.6 Å². The lowest BCUT2D eigenvalue weighted by Crippen LogP contribution is -2.08. The molecule has 0 bridgehead atoms. The number of aromatic nitrogens is 1. The van der Waals surface area contributed by atoms with Gasteiger partial charge in [0.1, 0.15) is 0 Å². The Bertz CT molecular complexity index is 812.